The lowest BCUT2D eigenvalue weighted by Gasteiger charge is -2.36. The van der Waals surface area contributed by atoms with Crippen molar-refractivity contribution in [3.05, 3.63) is 47.0 Å². The van der Waals surface area contributed by atoms with Crippen molar-refractivity contribution in [3.8, 4) is 0 Å². The summed E-state index contributed by atoms with van der Waals surface area (Å²) in [7, 11) is 0. The predicted molar refractivity (Wildman–Crippen MR) is 116 cm³/mol. The van der Waals surface area contributed by atoms with Crippen LogP contribution in [-0.4, -0.2) is 84.8 Å². The summed E-state index contributed by atoms with van der Waals surface area (Å²) >= 11 is 5.91. The van der Waals surface area contributed by atoms with Crippen molar-refractivity contribution < 1.29 is 4.79 Å². The van der Waals surface area contributed by atoms with Crippen LogP contribution in [0.5, 0.6) is 0 Å². The van der Waals surface area contributed by atoms with Gasteiger partial charge in [-0.25, -0.2) is 0 Å². The van der Waals surface area contributed by atoms with Crippen molar-refractivity contribution in [1.82, 2.24) is 20.0 Å². The van der Waals surface area contributed by atoms with Crippen LogP contribution in [0.3, 0.4) is 0 Å². The molecule has 2 saturated heterocycles. The van der Waals surface area contributed by atoms with Gasteiger partial charge in [-0.2, -0.15) is 0 Å². The Balaban J connectivity index is 1.32. The van der Waals surface area contributed by atoms with Gasteiger partial charge in [-0.1, -0.05) is 18.5 Å². The lowest BCUT2D eigenvalue weighted by Crippen LogP contribution is -2.49. The SMILES string of the molecule is CCN1CCN(c2ccc(N3CCN(C(=O)c4ccc(Cl)cc4)CC3)nn2)CC1. The molecular formula is C21H27ClN6O. The first kappa shape index (κ1) is 19.9. The molecule has 8 heteroatoms. The summed E-state index contributed by atoms with van der Waals surface area (Å²) in [6.45, 7) is 10.3. The van der Waals surface area contributed by atoms with Crippen LogP contribution < -0.4 is 9.80 Å². The average Bonchev–Trinajstić information content (AvgIpc) is 2.79. The molecule has 4 rings (SSSR count). The van der Waals surface area contributed by atoms with Crippen molar-refractivity contribution in [3.63, 3.8) is 0 Å². The predicted octanol–water partition coefficient (Wildman–Crippen LogP) is 2.23. The highest BCUT2D eigenvalue weighted by atomic mass is 35.5. The second-order valence-electron chi connectivity index (χ2n) is 7.46. The summed E-state index contributed by atoms with van der Waals surface area (Å²) in [6.07, 6.45) is 0. The molecule has 3 heterocycles. The number of halogens is 1. The quantitative estimate of drug-likeness (QED) is 0.764. The summed E-state index contributed by atoms with van der Waals surface area (Å²) in [5.74, 6) is 1.87. The normalized spacial score (nSPS) is 18.2. The molecule has 2 aliphatic heterocycles. The molecule has 0 saturated carbocycles. The number of anilines is 2. The average molecular weight is 415 g/mol. The van der Waals surface area contributed by atoms with E-state index in [1.165, 1.54) is 0 Å². The van der Waals surface area contributed by atoms with Gasteiger partial charge in [0, 0.05) is 62.9 Å². The number of amides is 1. The van der Waals surface area contributed by atoms with E-state index in [9.17, 15) is 4.79 Å². The molecule has 1 aromatic carbocycles. The van der Waals surface area contributed by atoms with Gasteiger partial charge in [0.2, 0.25) is 0 Å². The largest absolute Gasteiger partial charge is 0.353 e. The summed E-state index contributed by atoms with van der Waals surface area (Å²) in [4.78, 5) is 21.5. The van der Waals surface area contributed by atoms with Crippen LogP contribution in [0.2, 0.25) is 5.02 Å². The number of aromatic nitrogens is 2. The topological polar surface area (TPSA) is 55.8 Å². The molecule has 0 aliphatic carbocycles. The third kappa shape index (κ3) is 4.62. The van der Waals surface area contributed by atoms with Crippen LogP contribution in [0, 0.1) is 0 Å². The van der Waals surface area contributed by atoms with Gasteiger partial charge in [0.15, 0.2) is 11.6 Å². The second kappa shape index (κ2) is 8.97. The standard InChI is InChI=1S/C21H27ClN6O/c1-2-25-9-11-26(12-10-25)19-7-8-20(24-23-19)27-13-15-28(16-14-27)21(29)17-3-5-18(22)6-4-17/h3-8H,2,9-16H2,1H3. The molecule has 2 aromatic rings. The van der Waals surface area contributed by atoms with Crippen molar-refractivity contribution in [1.29, 1.82) is 0 Å². The first-order chi connectivity index (χ1) is 14.1. The highest BCUT2D eigenvalue weighted by Gasteiger charge is 2.23. The number of nitrogens with zero attached hydrogens (tertiary/aromatic N) is 6. The molecule has 29 heavy (non-hydrogen) atoms. The van der Waals surface area contributed by atoms with Crippen molar-refractivity contribution in [2.45, 2.75) is 6.92 Å². The zero-order chi connectivity index (χ0) is 20.2. The Bertz CT molecular complexity index is 812. The van der Waals surface area contributed by atoms with Gasteiger partial charge in [0.25, 0.3) is 5.91 Å². The maximum Gasteiger partial charge on any atom is 0.253 e. The minimum absolute atomic E-state index is 0.0500. The number of hydrogen-bond acceptors (Lipinski definition) is 6. The molecule has 1 aromatic heterocycles. The van der Waals surface area contributed by atoms with E-state index in [1.54, 1.807) is 24.3 Å². The molecule has 0 atom stereocenters. The van der Waals surface area contributed by atoms with Crippen LogP contribution >= 0.6 is 11.6 Å². The minimum Gasteiger partial charge on any atom is -0.353 e. The van der Waals surface area contributed by atoms with E-state index in [0.717, 1.165) is 57.4 Å². The Labute approximate surface area is 176 Å². The number of carbonyl (C=O) groups excluding carboxylic acids is 1. The van der Waals surface area contributed by atoms with Gasteiger partial charge in [0.05, 0.1) is 0 Å². The number of carbonyl (C=O) groups is 1. The van der Waals surface area contributed by atoms with Crippen LogP contribution in [0.15, 0.2) is 36.4 Å². The van der Waals surface area contributed by atoms with Crippen molar-refractivity contribution in [2.75, 3.05) is 68.7 Å². The molecule has 154 valence electrons. The lowest BCUT2D eigenvalue weighted by molar-refractivity contribution is 0.0746. The highest BCUT2D eigenvalue weighted by molar-refractivity contribution is 6.30. The third-order valence-corrected chi connectivity index (χ3v) is 6.01. The van der Waals surface area contributed by atoms with Crippen molar-refractivity contribution >= 4 is 29.1 Å². The molecule has 1 amide bonds. The number of benzene rings is 1. The van der Waals surface area contributed by atoms with Crippen LogP contribution in [-0.2, 0) is 0 Å². The van der Waals surface area contributed by atoms with E-state index in [2.05, 4.69) is 37.9 Å². The first-order valence-electron chi connectivity index (χ1n) is 10.2. The van der Waals surface area contributed by atoms with E-state index < -0.39 is 0 Å². The fraction of sp³-hybridized carbons (Fsp3) is 0.476. The fourth-order valence-electron chi connectivity index (χ4n) is 3.86. The number of rotatable bonds is 4. The van der Waals surface area contributed by atoms with Gasteiger partial charge < -0.3 is 19.6 Å². The van der Waals surface area contributed by atoms with Crippen LogP contribution in [0.4, 0.5) is 11.6 Å². The Morgan fingerprint density at radius 1 is 0.828 bits per heavy atom. The third-order valence-electron chi connectivity index (χ3n) is 5.76. The monoisotopic (exact) mass is 414 g/mol. The first-order valence-corrected chi connectivity index (χ1v) is 10.6. The Hall–Kier alpha value is -2.38. The molecule has 0 unspecified atom stereocenters. The van der Waals surface area contributed by atoms with E-state index in [1.807, 2.05) is 11.0 Å². The molecular weight excluding hydrogens is 388 g/mol. The minimum atomic E-state index is 0.0500. The molecule has 0 radical (unpaired) electrons. The Morgan fingerprint density at radius 3 is 1.83 bits per heavy atom. The number of piperazine rings is 2. The van der Waals surface area contributed by atoms with Crippen molar-refractivity contribution in [2.24, 2.45) is 0 Å². The van der Waals surface area contributed by atoms with Gasteiger partial charge in [-0.3, -0.25) is 4.79 Å². The highest BCUT2D eigenvalue weighted by Crippen LogP contribution is 2.19. The maximum atomic E-state index is 12.6. The van der Waals surface area contributed by atoms with Gasteiger partial charge in [-0.05, 0) is 42.9 Å². The number of likely N-dealkylation sites (N-methyl/N-ethyl adjacent to an activating group) is 1. The fourth-order valence-corrected chi connectivity index (χ4v) is 3.99. The zero-order valence-electron chi connectivity index (χ0n) is 16.8. The summed E-state index contributed by atoms with van der Waals surface area (Å²) in [5.41, 5.74) is 0.676. The van der Waals surface area contributed by atoms with Crippen LogP contribution in [0.25, 0.3) is 0 Å². The second-order valence-corrected chi connectivity index (χ2v) is 7.89. The molecule has 2 aliphatic rings. The van der Waals surface area contributed by atoms with E-state index in [0.29, 0.717) is 23.7 Å². The van der Waals surface area contributed by atoms with E-state index in [4.69, 9.17) is 11.6 Å². The summed E-state index contributed by atoms with van der Waals surface area (Å²) in [6, 6.07) is 11.2. The van der Waals surface area contributed by atoms with Gasteiger partial charge >= 0.3 is 0 Å². The maximum absolute atomic E-state index is 12.6. The lowest BCUT2D eigenvalue weighted by atomic mass is 10.2. The molecule has 7 nitrogen and oxygen atoms in total. The summed E-state index contributed by atoms with van der Waals surface area (Å²) < 4.78 is 0. The summed E-state index contributed by atoms with van der Waals surface area (Å²) in [5, 5.41) is 9.56. The molecule has 0 bridgehead atoms. The van der Waals surface area contributed by atoms with E-state index in [-0.39, 0.29) is 5.91 Å². The van der Waals surface area contributed by atoms with Gasteiger partial charge in [-0.15, -0.1) is 10.2 Å². The molecule has 2 fully saturated rings. The Morgan fingerprint density at radius 2 is 1.34 bits per heavy atom. The molecule has 0 spiro atoms. The number of hydrogen-bond donors (Lipinski definition) is 0. The Kier molecular flexibility index (Phi) is 6.16. The van der Waals surface area contributed by atoms with E-state index >= 15 is 0 Å². The molecule has 0 N–H and O–H groups in total. The van der Waals surface area contributed by atoms with Gasteiger partial charge in [0.1, 0.15) is 0 Å². The zero-order valence-corrected chi connectivity index (χ0v) is 17.6. The van der Waals surface area contributed by atoms with Crippen LogP contribution in [0.1, 0.15) is 17.3 Å². The smallest absolute Gasteiger partial charge is 0.253 e.